The number of ether oxygens (including phenoxy) is 2. The van der Waals surface area contributed by atoms with Gasteiger partial charge in [0.1, 0.15) is 5.60 Å². The van der Waals surface area contributed by atoms with Crippen molar-refractivity contribution in [3.05, 3.63) is 36.0 Å². The van der Waals surface area contributed by atoms with Gasteiger partial charge in [0.05, 0.1) is 12.7 Å². The molecule has 0 fully saturated rings. The van der Waals surface area contributed by atoms with E-state index in [0.717, 1.165) is 19.3 Å². The summed E-state index contributed by atoms with van der Waals surface area (Å²) in [5.74, 6) is -0.328. The highest BCUT2D eigenvalue weighted by atomic mass is 16.5. The van der Waals surface area contributed by atoms with E-state index in [4.69, 9.17) is 9.47 Å². The van der Waals surface area contributed by atoms with Gasteiger partial charge in [-0.1, -0.05) is 37.6 Å². The van der Waals surface area contributed by atoms with E-state index in [9.17, 15) is 4.79 Å². The summed E-state index contributed by atoms with van der Waals surface area (Å²) >= 11 is 0. The molecule has 0 saturated heterocycles. The number of esters is 1. The smallest absolute Gasteiger partial charge is 0.337 e. The average molecular weight is 236 g/mol. The van der Waals surface area contributed by atoms with E-state index >= 15 is 0 Å². The minimum atomic E-state index is -0.507. The summed E-state index contributed by atoms with van der Waals surface area (Å²) in [5.41, 5.74) is 0.0368. The first-order chi connectivity index (χ1) is 8.17. The fraction of sp³-hybridized carbons (Fsp3) is 0.500. The van der Waals surface area contributed by atoms with Gasteiger partial charge in [-0.15, -0.1) is 0 Å². The largest absolute Gasteiger partial charge is 0.465 e. The molecular formula is C14H20O3. The lowest BCUT2D eigenvalue weighted by Crippen LogP contribution is -2.28. The van der Waals surface area contributed by atoms with E-state index < -0.39 is 5.60 Å². The summed E-state index contributed by atoms with van der Waals surface area (Å²) in [5, 5.41) is 0. The normalized spacial score (nSPS) is 23.8. The molecule has 0 bridgehead atoms. The van der Waals surface area contributed by atoms with Gasteiger partial charge in [-0.05, 0) is 12.5 Å². The van der Waals surface area contributed by atoms with Crippen molar-refractivity contribution < 1.29 is 14.3 Å². The number of unbranched alkanes of at least 4 members (excludes halogenated alkanes) is 1. The van der Waals surface area contributed by atoms with Gasteiger partial charge in [-0.2, -0.15) is 0 Å². The molecule has 1 rings (SSSR count). The number of rotatable bonds is 5. The van der Waals surface area contributed by atoms with Crippen molar-refractivity contribution in [2.75, 3.05) is 14.2 Å². The van der Waals surface area contributed by atoms with Crippen molar-refractivity contribution in [2.24, 2.45) is 0 Å². The monoisotopic (exact) mass is 236 g/mol. The van der Waals surface area contributed by atoms with Crippen LogP contribution in [0.2, 0.25) is 0 Å². The highest BCUT2D eigenvalue weighted by Crippen LogP contribution is 2.27. The van der Waals surface area contributed by atoms with E-state index in [2.05, 4.69) is 13.0 Å². The summed E-state index contributed by atoms with van der Waals surface area (Å²) in [6.07, 6.45) is 12.5. The van der Waals surface area contributed by atoms with Crippen molar-refractivity contribution >= 4 is 5.97 Å². The van der Waals surface area contributed by atoms with Gasteiger partial charge in [0.2, 0.25) is 0 Å². The van der Waals surface area contributed by atoms with Crippen molar-refractivity contribution in [1.82, 2.24) is 0 Å². The summed E-state index contributed by atoms with van der Waals surface area (Å²) in [4.78, 5) is 11.5. The molecule has 1 aliphatic carbocycles. The van der Waals surface area contributed by atoms with Crippen LogP contribution in [0.3, 0.4) is 0 Å². The van der Waals surface area contributed by atoms with E-state index in [1.807, 2.05) is 18.2 Å². The highest BCUT2D eigenvalue weighted by Gasteiger charge is 2.27. The molecule has 0 radical (unpaired) electrons. The molecule has 94 valence electrons. The van der Waals surface area contributed by atoms with Crippen molar-refractivity contribution in [2.45, 2.75) is 31.8 Å². The Balaban J connectivity index is 2.90. The molecule has 0 aromatic heterocycles. The molecule has 1 aliphatic rings. The van der Waals surface area contributed by atoms with Crippen molar-refractivity contribution in [3.63, 3.8) is 0 Å². The third kappa shape index (κ3) is 3.56. The van der Waals surface area contributed by atoms with Crippen molar-refractivity contribution in [1.29, 1.82) is 0 Å². The van der Waals surface area contributed by atoms with Crippen LogP contribution in [0, 0.1) is 0 Å². The Morgan fingerprint density at radius 3 is 2.88 bits per heavy atom. The lowest BCUT2D eigenvalue weighted by Gasteiger charge is -2.27. The molecule has 0 spiro atoms. The fourth-order valence-corrected chi connectivity index (χ4v) is 1.76. The van der Waals surface area contributed by atoms with Crippen LogP contribution in [-0.4, -0.2) is 25.8 Å². The molecule has 0 aromatic carbocycles. The van der Waals surface area contributed by atoms with Crippen LogP contribution in [0.15, 0.2) is 36.0 Å². The first-order valence-corrected chi connectivity index (χ1v) is 5.88. The Bertz CT molecular complexity index is 352. The third-order valence-electron chi connectivity index (χ3n) is 2.79. The molecule has 3 nitrogen and oxygen atoms in total. The zero-order valence-corrected chi connectivity index (χ0v) is 10.7. The Labute approximate surface area is 103 Å². The first-order valence-electron chi connectivity index (χ1n) is 5.88. The van der Waals surface area contributed by atoms with Crippen LogP contribution in [0.25, 0.3) is 0 Å². The molecule has 17 heavy (non-hydrogen) atoms. The zero-order chi connectivity index (χ0) is 12.7. The molecular weight excluding hydrogens is 216 g/mol. The standard InChI is InChI=1S/C14H20O3/c1-4-5-6-9-14(17-3)10-7-8-12(11-14)13(15)16-2/h6-9,11H,4-5,10H2,1-3H3. The third-order valence-corrected chi connectivity index (χ3v) is 2.79. The van der Waals surface area contributed by atoms with E-state index in [1.54, 1.807) is 13.2 Å². The Morgan fingerprint density at radius 1 is 1.53 bits per heavy atom. The molecule has 3 heteroatoms. The number of carbonyl (C=O) groups excluding carboxylic acids is 1. The number of hydrogen-bond acceptors (Lipinski definition) is 3. The van der Waals surface area contributed by atoms with Crippen LogP contribution in [-0.2, 0) is 14.3 Å². The molecule has 0 aromatic rings. The van der Waals surface area contributed by atoms with Gasteiger partial charge in [0.25, 0.3) is 0 Å². The molecule has 1 unspecified atom stereocenters. The van der Waals surface area contributed by atoms with Crippen molar-refractivity contribution in [3.8, 4) is 0 Å². The summed E-state index contributed by atoms with van der Waals surface area (Å²) in [6.45, 7) is 2.13. The van der Waals surface area contributed by atoms with Gasteiger partial charge in [-0.25, -0.2) is 4.79 Å². The molecule has 0 heterocycles. The lowest BCUT2D eigenvalue weighted by atomic mass is 9.90. The molecule has 0 aliphatic heterocycles. The van der Waals surface area contributed by atoms with E-state index in [-0.39, 0.29) is 5.97 Å². The summed E-state index contributed by atoms with van der Waals surface area (Å²) in [6, 6.07) is 0. The van der Waals surface area contributed by atoms with Gasteiger partial charge >= 0.3 is 5.97 Å². The quantitative estimate of drug-likeness (QED) is 0.544. The molecule has 1 atom stereocenters. The van der Waals surface area contributed by atoms with Crippen LogP contribution >= 0.6 is 0 Å². The van der Waals surface area contributed by atoms with Crippen LogP contribution in [0.1, 0.15) is 26.2 Å². The highest BCUT2D eigenvalue weighted by molar-refractivity contribution is 5.92. The zero-order valence-electron chi connectivity index (χ0n) is 10.7. The predicted octanol–water partition coefficient (Wildman–Crippen LogP) is 2.79. The van der Waals surface area contributed by atoms with Gasteiger partial charge in [-0.3, -0.25) is 0 Å². The van der Waals surface area contributed by atoms with Gasteiger partial charge in [0, 0.05) is 13.5 Å². The van der Waals surface area contributed by atoms with Crippen LogP contribution in [0.5, 0.6) is 0 Å². The van der Waals surface area contributed by atoms with Crippen LogP contribution in [0.4, 0.5) is 0 Å². The maximum atomic E-state index is 11.5. The Kier molecular flexibility index (Phi) is 5.16. The summed E-state index contributed by atoms with van der Waals surface area (Å²) in [7, 11) is 3.04. The summed E-state index contributed by atoms with van der Waals surface area (Å²) < 4.78 is 10.2. The molecule has 0 N–H and O–H groups in total. The maximum absolute atomic E-state index is 11.5. The van der Waals surface area contributed by atoms with E-state index in [0.29, 0.717) is 5.57 Å². The second-order valence-corrected chi connectivity index (χ2v) is 4.05. The average Bonchev–Trinajstić information content (AvgIpc) is 2.38. The fourth-order valence-electron chi connectivity index (χ4n) is 1.76. The molecule has 0 saturated carbocycles. The Hall–Kier alpha value is -1.35. The maximum Gasteiger partial charge on any atom is 0.337 e. The van der Waals surface area contributed by atoms with Gasteiger partial charge < -0.3 is 9.47 Å². The first kappa shape index (κ1) is 13.7. The second-order valence-electron chi connectivity index (χ2n) is 4.05. The second kappa shape index (κ2) is 6.40. The van der Waals surface area contributed by atoms with E-state index in [1.165, 1.54) is 7.11 Å². The number of carbonyl (C=O) groups is 1. The minimum Gasteiger partial charge on any atom is -0.465 e. The van der Waals surface area contributed by atoms with Crippen LogP contribution < -0.4 is 0 Å². The topological polar surface area (TPSA) is 35.5 Å². The minimum absolute atomic E-state index is 0.328. The number of methoxy groups -OCH3 is 2. The Morgan fingerprint density at radius 2 is 2.29 bits per heavy atom. The predicted molar refractivity (Wildman–Crippen MR) is 67.6 cm³/mol. The number of hydrogen-bond donors (Lipinski definition) is 0. The molecule has 0 amide bonds. The lowest BCUT2D eigenvalue weighted by molar-refractivity contribution is -0.135. The SMILES string of the molecule is CCCC=CC1(OC)C=C(C(=O)OC)C=CC1. The number of allylic oxidation sites excluding steroid dienone is 1. The van der Waals surface area contributed by atoms with Gasteiger partial charge in [0.15, 0.2) is 0 Å².